The molecule has 1 aromatic heterocycles. The Balaban J connectivity index is 1.34. The minimum absolute atomic E-state index is 0.271. The fraction of sp³-hybridized carbons (Fsp3) is 0.842. The Bertz CT molecular complexity index is 618. The van der Waals surface area contributed by atoms with Gasteiger partial charge in [-0.15, -0.1) is 10.2 Å². The van der Waals surface area contributed by atoms with Crippen molar-refractivity contribution >= 4 is 5.91 Å². The summed E-state index contributed by atoms with van der Waals surface area (Å²) in [5.74, 6) is 2.43. The fourth-order valence-electron chi connectivity index (χ4n) is 4.68. The van der Waals surface area contributed by atoms with E-state index in [1.54, 1.807) is 0 Å². The molecule has 1 amide bonds. The number of nitrogens with one attached hydrogen (secondary N) is 1. The van der Waals surface area contributed by atoms with Crippen molar-refractivity contribution in [2.45, 2.75) is 70.0 Å². The Morgan fingerprint density at radius 1 is 1.12 bits per heavy atom. The molecule has 1 aromatic rings. The topological polar surface area (TPSA) is 66.3 Å². The SMILES string of the molecule is CN(C(=O)CN1CCc2nnc([C@@H]3CCCN3)n2CC1)C1CCCCC1. The van der Waals surface area contributed by atoms with E-state index < -0.39 is 0 Å². The van der Waals surface area contributed by atoms with Gasteiger partial charge in [0.15, 0.2) is 0 Å². The molecule has 1 atom stereocenters. The van der Waals surface area contributed by atoms with E-state index >= 15 is 0 Å². The van der Waals surface area contributed by atoms with Crippen LogP contribution in [0.5, 0.6) is 0 Å². The second kappa shape index (κ2) is 8.05. The van der Waals surface area contributed by atoms with E-state index in [4.69, 9.17) is 0 Å². The smallest absolute Gasteiger partial charge is 0.236 e. The zero-order valence-electron chi connectivity index (χ0n) is 16.0. The number of likely N-dealkylation sites (N-methyl/N-ethyl adjacent to an activating group) is 1. The van der Waals surface area contributed by atoms with Crippen molar-refractivity contribution in [1.82, 2.24) is 29.9 Å². The maximum atomic E-state index is 12.7. The van der Waals surface area contributed by atoms with Crippen molar-refractivity contribution in [1.29, 1.82) is 0 Å². The van der Waals surface area contributed by atoms with Crippen molar-refractivity contribution in [2.24, 2.45) is 0 Å². The minimum Gasteiger partial charge on any atom is -0.342 e. The van der Waals surface area contributed by atoms with E-state index in [9.17, 15) is 4.79 Å². The first-order valence-electron chi connectivity index (χ1n) is 10.4. The summed E-state index contributed by atoms with van der Waals surface area (Å²) in [5.41, 5.74) is 0. The van der Waals surface area contributed by atoms with Crippen molar-refractivity contribution in [3.63, 3.8) is 0 Å². The summed E-state index contributed by atoms with van der Waals surface area (Å²) in [6.45, 7) is 4.27. The summed E-state index contributed by atoms with van der Waals surface area (Å²) in [7, 11) is 2.00. The Hall–Kier alpha value is -1.47. The third-order valence-corrected chi connectivity index (χ3v) is 6.39. The average molecular weight is 361 g/mol. The number of carbonyl (C=O) groups excluding carboxylic acids is 1. The van der Waals surface area contributed by atoms with Crippen LogP contribution in [0.1, 0.15) is 62.6 Å². The molecule has 1 saturated heterocycles. The highest BCUT2D eigenvalue weighted by molar-refractivity contribution is 5.78. The Labute approximate surface area is 156 Å². The molecular weight excluding hydrogens is 328 g/mol. The first-order valence-corrected chi connectivity index (χ1v) is 10.4. The van der Waals surface area contributed by atoms with Crippen LogP contribution in [0.2, 0.25) is 0 Å². The van der Waals surface area contributed by atoms with E-state index in [1.807, 2.05) is 11.9 Å². The number of fused-ring (bicyclic) bond motifs is 1. The van der Waals surface area contributed by atoms with Crippen molar-refractivity contribution < 1.29 is 4.79 Å². The number of amides is 1. The quantitative estimate of drug-likeness (QED) is 0.878. The number of nitrogens with zero attached hydrogens (tertiary/aromatic N) is 5. The number of aromatic nitrogens is 3. The highest BCUT2D eigenvalue weighted by Gasteiger charge is 2.28. The lowest BCUT2D eigenvalue weighted by Crippen LogP contribution is -2.44. The number of hydrogen-bond acceptors (Lipinski definition) is 5. The van der Waals surface area contributed by atoms with Crippen molar-refractivity contribution in [3.05, 3.63) is 11.6 Å². The Morgan fingerprint density at radius 3 is 2.73 bits per heavy atom. The molecule has 2 aliphatic heterocycles. The van der Waals surface area contributed by atoms with Gasteiger partial charge in [-0.25, -0.2) is 0 Å². The van der Waals surface area contributed by atoms with E-state index in [0.29, 0.717) is 18.6 Å². The van der Waals surface area contributed by atoms with Gasteiger partial charge in [-0.3, -0.25) is 9.69 Å². The number of carbonyl (C=O) groups is 1. The van der Waals surface area contributed by atoms with Crippen LogP contribution in [0.3, 0.4) is 0 Å². The molecule has 0 unspecified atom stereocenters. The van der Waals surface area contributed by atoms with Crippen LogP contribution < -0.4 is 5.32 Å². The summed E-state index contributed by atoms with van der Waals surface area (Å²) in [5, 5.41) is 12.4. The maximum Gasteiger partial charge on any atom is 0.236 e. The Morgan fingerprint density at radius 2 is 1.96 bits per heavy atom. The van der Waals surface area contributed by atoms with Crippen molar-refractivity contribution in [2.75, 3.05) is 33.2 Å². The molecule has 3 aliphatic rings. The minimum atomic E-state index is 0.271. The molecule has 1 N–H and O–H groups in total. The van der Waals surface area contributed by atoms with Crippen LogP contribution in [0.15, 0.2) is 0 Å². The van der Waals surface area contributed by atoms with Crippen molar-refractivity contribution in [3.8, 4) is 0 Å². The summed E-state index contributed by atoms with van der Waals surface area (Å²) in [6.07, 6.45) is 9.41. The van der Waals surface area contributed by atoms with Gasteiger partial charge in [-0.05, 0) is 32.2 Å². The zero-order valence-corrected chi connectivity index (χ0v) is 16.0. The van der Waals surface area contributed by atoms with E-state index in [2.05, 4.69) is 25.0 Å². The molecule has 2 fully saturated rings. The predicted octanol–water partition coefficient (Wildman–Crippen LogP) is 1.35. The summed E-state index contributed by atoms with van der Waals surface area (Å²) in [4.78, 5) is 17.1. The molecule has 26 heavy (non-hydrogen) atoms. The van der Waals surface area contributed by atoms with Gasteiger partial charge in [0, 0.05) is 39.1 Å². The summed E-state index contributed by atoms with van der Waals surface area (Å²) >= 11 is 0. The van der Waals surface area contributed by atoms with Crippen LogP contribution >= 0.6 is 0 Å². The second-order valence-corrected chi connectivity index (χ2v) is 8.10. The molecule has 0 aromatic carbocycles. The van der Waals surface area contributed by atoms with E-state index in [1.165, 1.54) is 38.5 Å². The van der Waals surface area contributed by atoms with Gasteiger partial charge in [0.25, 0.3) is 0 Å². The van der Waals surface area contributed by atoms with Gasteiger partial charge in [0.1, 0.15) is 11.6 Å². The molecule has 0 spiro atoms. The van der Waals surface area contributed by atoms with Gasteiger partial charge in [0.2, 0.25) is 5.91 Å². The summed E-state index contributed by atoms with van der Waals surface area (Å²) < 4.78 is 2.29. The average Bonchev–Trinajstić information content (AvgIpc) is 3.29. The molecule has 3 heterocycles. The van der Waals surface area contributed by atoms with E-state index in [-0.39, 0.29) is 5.91 Å². The lowest BCUT2D eigenvalue weighted by Gasteiger charge is -2.32. The standard InChI is InChI=1S/C19H32N6O/c1-23(15-6-3-2-4-7-15)18(26)14-24-11-9-17-21-22-19(25(17)13-12-24)16-8-5-10-20-16/h15-16,20H,2-14H2,1H3/t16-/m0/s1. The molecule has 1 aliphatic carbocycles. The van der Waals surface area contributed by atoms with Crippen LogP contribution in [-0.4, -0.2) is 69.7 Å². The monoisotopic (exact) mass is 360 g/mol. The largest absolute Gasteiger partial charge is 0.342 e. The highest BCUT2D eigenvalue weighted by atomic mass is 16.2. The summed E-state index contributed by atoms with van der Waals surface area (Å²) in [6, 6.07) is 0.796. The molecule has 7 nitrogen and oxygen atoms in total. The van der Waals surface area contributed by atoms with Gasteiger partial charge >= 0.3 is 0 Å². The van der Waals surface area contributed by atoms with E-state index in [0.717, 1.165) is 50.7 Å². The lowest BCUT2D eigenvalue weighted by atomic mass is 9.94. The van der Waals surface area contributed by atoms with Crippen LogP contribution in [-0.2, 0) is 17.8 Å². The zero-order chi connectivity index (χ0) is 17.9. The Kier molecular flexibility index (Phi) is 5.55. The molecule has 7 heteroatoms. The molecular formula is C19H32N6O. The van der Waals surface area contributed by atoms with Gasteiger partial charge in [0.05, 0.1) is 12.6 Å². The highest BCUT2D eigenvalue weighted by Crippen LogP contribution is 2.24. The maximum absolute atomic E-state index is 12.7. The first-order chi connectivity index (χ1) is 12.7. The van der Waals surface area contributed by atoms with Crippen LogP contribution in [0.4, 0.5) is 0 Å². The molecule has 144 valence electrons. The fourth-order valence-corrected chi connectivity index (χ4v) is 4.68. The van der Waals surface area contributed by atoms with Crippen LogP contribution in [0, 0.1) is 0 Å². The molecule has 1 saturated carbocycles. The number of rotatable bonds is 4. The predicted molar refractivity (Wildman–Crippen MR) is 99.8 cm³/mol. The molecule has 0 bridgehead atoms. The third-order valence-electron chi connectivity index (χ3n) is 6.39. The van der Waals surface area contributed by atoms with Crippen LogP contribution in [0.25, 0.3) is 0 Å². The van der Waals surface area contributed by atoms with Gasteiger partial charge in [-0.1, -0.05) is 19.3 Å². The second-order valence-electron chi connectivity index (χ2n) is 8.10. The normalized spacial score (nSPS) is 25.0. The van der Waals surface area contributed by atoms with Gasteiger partial charge < -0.3 is 14.8 Å². The van der Waals surface area contributed by atoms with Gasteiger partial charge in [-0.2, -0.15) is 0 Å². The molecule has 4 rings (SSSR count). The number of hydrogen-bond donors (Lipinski definition) is 1. The third kappa shape index (κ3) is 3.78. The lowest BCUT2D eigenvalue weighted by molar-refractivity contribution is -0.133. The first kappa shape index (κ1) is 17.9. The molecule has 0 radical (unpaired) electrons.